The quantitative estimate of drug-likeness (QED) is 0.145. The van der Waals surface area contributed by atoms with Gasteiger partial charge in [-0.15, -0.1) is 0 Å². The molecule has 3 aliphatic rings. The number of hydrogen-bond acceptors (Lipinski definition) is 13. The molecule has 0 radical (unpaired) electrons. The summed E-state index contributed by atoms with van der Waals surface area (Å²) in [5.74, 6) is -6.29. The van der Waals surface area contributed by atoms with Crippen LogP contribution in [0.2, 0.25) is 0 Å². The van der Waals surface area contributed by atoms with Crippen LogP contribution in [0, 0.1) is 6.92 Å². The number of rotatable bonds is 6. The van der Waals surface area contributed by atoms with Gasteiger partial charge in [0.05, 0.1) is 29.9 Å². The van der Waals surface area contributed by atoms with Gasteiger partial charge >= 0.3 is 5.97 Å². The van der Waals surface area contributed by atoms with Gasteiger partial charge in [0.15, 0.2) is 17.9 Å². The number of phenolic OH excluding ortho intramolecular Hbond substituents is 3. The van der Waals surface area contributed by atoms with Crippen molar-refractivity contribution < 1.29 is 69.1 Å². The number of carboxylic acids is 1. The summed E-state index contributed by atoms with van der Waals surface area (Å²) < 4.78 is 16.6. The van der Waals surface area contributed by atoms with Gasteiger partial charge in [0.1, 0.15) is 53.5 Å². The van der Waals surface area contributed by atoms with Gasteiger partial charge in [0.2, 0.25) is 0 Å². The van der Waals surface area contributed by atoms with E-state index < -0.39 is 100 Å². The van der Waals surface area contributed by atoms with Gasteiger partial charge in [-0.05, 0) is 49.6 Å². The molecule has 0 bridgehead atoms. The zero-order valence-electron chi connectivity index (χ0n) is 25.8. The van der Waals surface area contributed by atoms with Crippen molar-refractivity contribution in [1.82, 2.24) is 5.32 Å². The number of aryl methyl sites for hydroxylation is 1. The Kier molecular flexibility index (Phi) is 7.92. The molecule has 6 rings (SSSR count). The lowest BCUT2D eigenvalue weighted by atomic mass is 9.74. The number of phenols is 3. The highest BCUT2D eigenvalue weighted by Crippen LogP contribution is 2.57. The Morgan fingerprint density at radius 1 is 0.875 bits per heavy atom. The smallest absolute Gasteiger partial charge is 0.325 e. The SMILES string of the molecule is COc1cc(O)c2c(c1)C(=O)c1c(cc3c(c1O)-c1c(cc(C)c(C(=O)NC(C)C(=O)O)c1O)[C@H](OC1OC(C)C(O)C1O)[C@H]3O)C2=O. The predicted molar refractivity (Wildman–Crippen MR) is 161 cm³/mol. The van der Waals surface area contributed by atoms with Crippen LogP contribution in [-0.4, -0.2) is 96.9 Å². The van der Waals surface area contributed by atoms with Crippen molar-refractivity contribution in [3.05, 3.63) is 68.8 Å². The number of carbonyl (C=O) groups excluding carboxylic acids is 3. The molecule has 5 unspecified atom stereocenters. The lowest BCUT2D eigenvalue weighted by molar-refractivity contribution is -0.211. The number of hydrogen-bond donors (Lipinski definition) is 8. The second kappa shape index (κ2) is 11.6. The van der Waals surface area contributed by atoms with Crippen LogP contribution in [0.5, 0.6) is 23.0 Å². The highest BCUT2D eigenvalue weighted by molar-refractivity contribution is 6.31. The fourth-order valence-electron chi connectivity index (χ4n) is 6.48. The van der Waals surface area contributed by atoms with Crippen molar-refractivity contribution in [1.29, 1.82) is 0 Å². The number of methoxy groups -OCH3 is 1. The summed E-state index contributed by atoms with van der Waals surface area (Å²) in [7, 11) is 1.28. The Morgan fingerprint density at radius 3 is 2.10 bits per heavy atom. The summed E-state index contributed by atoms with van der Waals surface area (Å²) in [6.45, 7) is 4.10. The fraction of sp³-hybridized carbons (Fsp3) is 0.333. The van der Waals surface area contributed by atoms with Crippen molar-refractivity contribution in [2.75, 3.05) is 7.11 Å². The van der Waals surface area contributed by atoms with Gasteiger partial charge in [-0.2, -0.15) is 0 Å². The Labute approximate surface area is 271 Å². The maximum absolute atomic E-state index is 13.8. The molecule has 0 spiro atoms. The number of ether oxygens (including phenoxy) is 3. The van der Waals surface area contributed by atoms with Gasteiger partial charge < -0.3 is 55.3 Å². The van der Waals surface area contributed by atoms with E-state index in [1.165, 1.54) is 40.0 Å². The van der Waals surface area contributed by atoms with Crippen LogP contribution >= 0.6 is 0 Å². The molecule has 0 aromatic heterocycles. The molecular weight excluding hydrogens is 634 g/mol. The number of aliphatic carboxylic acids is 1. The number of nitrogens with one attached hydrogen (secondary N) is 1. The van der Waals surface area contributed by atoms with Crippen molar-refractivity contribution in [3.8, 4) is 34.1 Å². The third-order valence-corrected chi connectivity index (χ3v) is 8.98. The maximum Gasteiger partial charge on any atom is 0.325 e. The summed E-state index contributed by atoms with van der Waals surface area (Å²) in [5, 5.41) is 78.3. The molecule has 3 aromatic carbocycles. The molecule has 15 nitrogen and oxygen atoms in total. The molecule has 1 heterocycles. The van der Waals surface area contributed by atoms with E-state index in [2.05, 4.69) is 5.32 Å². The molecular formula is C33H31NO14. The predicted octanol–water partition coefficient (Wildman–Crippen LogP) is 1.34. The van der Waals surface area contributed by atoms with E-state index in [-0.39, 0.29) is 44.7 Å². The largest absolute Gasteiger partial charge is 0.507 e. The second-order valence-corrected chi connectivity index (χ2v) is 11.9. The highest BCUT2D eigenvalue weighted by atomic mass is 16.7. The van der Waals surface area contributed by atoms with Gasteiger partial charge in [0, 0.05) is 28.3 Å². The Hall–Kier alpha value is -5.06. The van der Waals surface area contributed by atoms with Crippen molar-refractivity contribution in [2.24, 2.45) is 0 Å². The first kappa shape index (κ1) is 32.9. The average Bonchev–Trinajstić information content (AvgIpc) is 3.27. The number of aliphatic hydroxyl groups is 3. The molecule has 1 fully saturated rings. The molecule has 3 aromatic rings. The first-order valence-electron chi connectivity index (χ1n) is 14.7. The van der Waals surface area contributed by atoms with Crippen LogP contribution in [-0.2, 0) is 14.3 Å². The molecule has 1 amide bonds. The fourth-order valence-corrected chi connectivity index (χ4v) is 6.48. The molecule has 8 N–H and O–H groups in total. The Bertz CT molecular complexity index is 1940. The number of benzene rings is 3. The minimum absolute atomic E-state index is 0.0396. The summed E-state index contributed by atoms with van der Waals surface area (Å²) in [4.78, 5) is 52.3. The van der Waals surface area contributed by atoms with Crippen LogP contribution in [0.15, 0.2) is 24.3 Å². The second-order valence-electron chi connectivity index (χ2n) is 11.9. The number of carbonyl (C=O) groups is 4. The topological polar surface area (TPSA) is 250 Å². The Balaban J connectivity index is 1.60. The van der Waals surface area contributed by atoms with Gasteiger partial charge in [-0.25, -0.2) is 0 Å². The molecule has 1 aliphatic heterocycles. The minimum atomic E-state index is -1.77. The number of aromatic hydroxyl groups is 3. The first-order valence-corrected chi connectivity index (χ1v) is 14.7. The average molecular weight is 666 g/mol. The third-order valence-electron chi connectivity index (χ3n) is 8.98. The van der Waals surface area contributed by atoms with E-state index in [1.54, 1.807) is 0 Å². The maximum atomic E-state index is 13.8. The summed E-state index contributed by atoms with van der Waals surface area (Å²) in [6, 6.07) is 3.39. The van der Waals surface area contributed by atoms with E-state index in [0.717, 1.165) is 12.1 Å². The van der Waals surface area contributed by atoms with Gasteiger partial charge in [0.25, 0.3) is 5.91 Å². The van der Waals surface area contributed by atoms with Crippen molar-refractivity contribution in [2.45, 2.75) is 63.6 Å². The van der Waals surface area contributed by atoms with E-state index in [9.17, 15) is 54.9 Å². The van der Waals surface area contributed by atoms with Crippen LogP contribution in [0.3, 0.4) is 0 Å². The number of aliphatic hydroxyl groups excluding tert-OH is 3. The van der Waals surface area contributed by atoms with E-state index in [0.29, 0.717) is 0 Å². The van der Waals surface area contributed by atoms with Crippen LogP contribution in [0.4, 0.5) is 0 Å². The monoisotopic (exact) mass is 665 g/mol. The lowest BCUT2D eigenvalue weighted by Crippen LogP contribution is -2.39. The standard InChI is InChI=1S/C33H31NO14/c1-9-5-16-21(27(40)18(9)31(43)34-10(2)32(44)45)20-14(26(39)30(16)48-33-29(42)23(36)11(3)47-33)8-15-22(28(20)41)25(38)13-6-12(46-4)7-17(35)19(13)24(15)37/h5-8,10-11,23,26,29-30,33,35-36,39-42H,1-4H3,(H,34,43)(H,44,45)/t10?,11?,23?,26-,29?,30-,33?/m0/s1. The lowest BCUT2D eigenvalue weighted by Gasteiger charge is -2.36. The molecule has 7 atom stereocenters. The number of amides is 1. The van der Waals surface area contributed by atoms with Crippen LogP contribution in [0.25, 0.3) is 11.1 Å². The summed E-state index contributed by atoms with van der Waals surface area (Å²) >= 11 is 0. The molecule has 2 aliphatic carbocycles. The van der Waals surface area contributed by atoms with E-state index in [1.807, 2.05) is 0 Å². The zero-order chi connectivity index (χ0) is 35.1. The molecule has 252 valence electrons. The van der Waals surface area contributed by atoms with E-state index in [4.69, 9.17) is 14.2 Å². The van der Waals surface area contributed by atoms with Gasteiger partial charge in [-0.1, -0.05) is 6.07 Å². The van der Waals surface area contributed by atoms with E-state index >= 15 is 0 Å². The number of ketones is 2. The van der Waals surface area contributed by atoms with Gasteiger partial charge in [-0.3, -0.25) is 19.2 Å². The number of fused-ring (bicyclic) bond motifs is 5. The molecule has 15 heteroatoms. The van der Waals surface area contributed by atoms with Crippen LogP contribution in [0.1, 0.15) is 84.9 Å². The zero-order valence-corrected chi connectivity index (χ0v) is 25.8. The molecule has 48 heavy (non-hydrogen) atoms. The molecule has 1 saturated heterocycles. The van der Waals surface area contributed by atoms with Crippen LogP contribution < -0.4 is 10.1 Å². The summed E-state index contributed by atoms with van der Waals surface area (Å²) in [6.07, 6.45) is -8.60. The number of carboxylic acid groups (broad SMARTS) is 1. The Morgan fingerprint density at radius 2 is 1.50 bits per heavy atom. The van der Waals surface area contributed by atoms with Crippen molar-refractivity contribution in [3.63, 3.8) is 0 Å². The highest BCUT2D eigenvalue weighted by Gasteiger charge is 2.48. The normalized spacial score (nSPS) is 24.6. The summed E-state index contributed by atoms with van der Waals surface area (Å²) in [5.41, 5.74) is -2.81. The first-order chi connectivity index (χ1) is 22.6. The molecule has 0 saturated carbocycles. The minimum Gasteiger partial charge on any atom is -0.507 e. The third kappa shape index (κ3) is 4.78. The van der Waals surface area contributed by atoms with Crippen molar-refractivity contribution >= 4 is 23.4 Å².